The van der Waals surface area contributed by atoms with Crippen molar-refractivity contribution in [3.8, 4) is 0 Å². The van der Waals surface area contributed by atoms with Gasteiger partial charge in [-0.05, 0) is 55.2 Å². The van der Waals surface area contributed by atoms with Gasteiger partial charge in [0.15, 0.2) is 17.1 Å². The number of hydrogen-bond donors (Lipinski definition) is 2. The summed E-state index contributed by atoms with van der Waals surface area (Å²) >= 11 is 0. The van der Waals surface area contributed by atoms with E-state index in [4.69, 9.17) is 5.73 Å². The van der Waals surface area contributed by atoms with Crippen molar-refractivity contribution in [3.63, 3.8) is 0 Å². The lowest BCUT2D eigenvalue weighted by Gasteiger charge is -2.51. The number of nitrogens with zero attached hydrogens (tertiary/aromatic N) is 1. The molecule has 1 aromatic carbocycles. The Morgan fingerprint density at radius 3 is 2.56 bits per heavy atom. The van der Waals surface area contributed by atoms with Gasteiger partial charge in [0, 0.05) is 30.8 Å². The number of amides is 1. The molecule has 1 amide bonds. The van der Waals surface area contributed by atoms with Crippen LogP contribution in [-0.2, 0) is 0 Å². The molecule has 0 radical (unpaired) electrons. The van der Waals surface area contributed by atoms with Gasteiger partial charge in [-0.3, -0.25) is 14.6 Å². The summed E-state index contributed by atoms with van der Waals surface area (Å²) in [5.74, 6) is -4.78. The summed E-state index contributed by atoms with van der Waals surface area (Å²) in [5, 5.41) is 0.180. The Labute approximate surface area is 193 Å². The standard InChI is InChI=1S/C18H19F2N3O2.C7H6F2/c19-18(20)8-17(9-18)4-1-2-10(7-17)12-6-13(24)14-11(23-12)3-5-22-15(14)16(21)25;1-5-3-2-4-6(8)7(5)9/h3,5-6,10H,1-2,4,7-9H2,(H2,21,25)(H,23,24);2-4H,1H3/t10-;/m0./s1. The number of aromatic amines is 1. The summed E-state index contributed by atoms with van der Waals surface area (Å²) in [7, 11) is 0. The van der Waals surface area contributed by atoms with Gasteiger partial charge in [-0.25, -0.2) is 17.6 Å². The summed E-state index contributed by atoms with van der Waals surface area (Å²) in [5.41, 5.74) is 6.22. The Balaban J connectivity index is 0.000000257. The van der Waals surface area contributed by atoms with E-state index in [1.54, 1.807) is 6.07 Å². The number of halogens is 4. The molecular formula is C25H25F4N3O2. The van der Waals surface area contributed by atoms with Crippen LogP contribution in [0.1, 0.15) is 66.2 Å². The maximum Gasteiger partial charge on any atom is 0.268 e. The Bertz CT molecular complexity index is 1280. The molecule has 1 spiro atoms. The predicted octanol–water partition coefficient (Wildman–Crippen LogP) is 5.37. The van der Waals surface area contributed by atoms with Gasteiger partial charge in [0.25, 0.3) is 5.91 Å². The van der Waals surface area contributed by atoms with Crippen molar-refractivity contribution in [1.82, 2.24) is 9.97 Å². The van der Waals surface area contributed by atoms with Gasteiger partial charge < -0.3 is 10.7 Å². The van der Waals surface area contributed by atoms with E-state index in [0.29, 0.717) is 17.5 Å². The van der Waals surface area contributed by atoms with Crippen LogP contribution in [0.25, 0.3) is 10.9 Å². The Kier molecular flexibility index (Phi) is 6.22. The fraction of sp³-hybridized carbons (Fsp3) is 0.400. The van der Waals surface area contributed by atoms with E-state index in [-0.39, 0.29) is 40.7 Å². The van der Waals surface area contributed by atoms with Crippen molar-refractivity contribution in [3.05, 3.63) is 75.3 Å². The van der Waals surface area contributed by atoms with E-state index in [1.165, 1.54) is 31.3 Å². The minimum atomic E-state index is -2.54. The van der Waals surface area contributed by atoms with Crippen molar-refractivity contribution in [1.29, 1.82) is 0 Å². The molecule has 5 rings (SSSR count). The maximum absolute atomic E-state index is 13.4. The molecule has 1 atom stereocenters. The van der Waals surface area contributed by atoms with E-state index in [2.05, 4.69) is 9.97 Å². The molecule has 3 N–H and O–H groups in total. The van der Waals surface area contributed by atoms with Gasteiger partial charge in [0.2, 0.25) is 5.92 Å². The molecule has 2 heterocycles. The van der Waals surface area contributed by atoms with Crippen LogP contribution < -0.4 is 11.2 Å². The van der Waals surface area contributed by atoms with Gasteiger partial charge in [-0.2, -0.15) is 0 Å². The van der Waals surface area contributed by atoms with Crippen LogP contribution >= 0.6 is 0 Å². The monoisotopic (exact) mass is 475 g/mol. The first kappa shape index (κ1) is 23.9. The van der Waals surface area contributed by atoms with Gasteiger partial charge in [-0.1, -0.05) is 18.6 Å². The lowest BCUT2D eigenvalue weighted by atomic mass is 9.56. The molecule has 9 heteroatoms. The number of carbonyl (C=O) groups is 1. The largest absolute Gasteiger partial charge is 0.364 e. The van der Waals surface area contributed by atoms with Crippen LogP contribution in [-0.4, -0.2) is 21.8 Å². The first-order chi connectivity index (χ1) is 16.0. The molecule has 2 saturated carbocycles. The molecular weight excluding hydrogens is 450 g/mol. The first-order valence-corrected chi connectivity index (χ1v) is 11.1. The highest BCUT2D eigenvalue weighted by Crippen LogP contribution is 2.61. The topological polar surface area (TPSA) is 88.8 Å². The number of benzene rings is 1. The number of carbonyl (C=O) groups excluding carboxylic acids is 1. The number of aromatic nitrogens is 2. The lowest BCUT2D eigenvalue weighted by molar-refractivity contribution is -0.174. The number of rotatable bonds is 2. The summed E-state index contributed by atoms with van der Waals surface area (Å²) in [4.78, 5) is 31.1. The minimum absolute atomic E-state index is 0.0483. The Morgan fingerprint density at radius 2 is 1.94 bits per heavy atom. The summed E-state index contributed by atoms with van der Waals surface area (Å²) < 4.78 is 51.3. The molecule has 0 unspecified atom stereocenters. The SMILES string of the molecule is Cc1cccc(F)c1F.NC(=O)c1nccc2[nH]c([C@H]3CCCC4(C3)CC(F)(F)C4)cc(=O)c12. The molecule has 2 aromatic heterocycles. The van der Waals surface area contributed by atoms with Gasteiger partial charge in [0.1, 0.15) is 5.69 Å². The van der Waals surface area contributed by atoms with E-state index >= 15 is 0 Å². The van der Waals surface area contributed by atoms with Crippen LogP contribution in [0.15, 0.2) is 41.3 Å². The van der Waals surface area contributed by atoms with Crippen molar-refractivity contribution >= 4 is 16.8 Å². The number of nitrogens with one attached hydrogen (secondary N) is 1. The molecule has 5 nitrogen and oxygen atoms in total. The molecule has 2 fully saturated rings. The van der Waals surface area contributed by atoms with Crippen molar-refractivity contribution in [2.24, 2.45) is 11.1 Å². The second-order valence-electron chi connectivity index (χ2n) is 9.41. The van der Waals surface area contributed by atoms with Gasteiger partial charge >= 0.3 is 0 Å². The van der Waals surface area contributed by atoms with Crippen molar-refractivity contribution in [2.75, 3.05) is 0 Å². The molecule has 2 aliphatic rings. The highest BCUT2D eigenvalue weighted by Gasteiger charge is 2.57. The first-order valence-electron chi connectivity index (χ1n) is 11.1. The van der Waals surface area contributed by atoms with Crippen LogP contribution in [0.5, 0.6) is 0 Å². The normalized spacial score (nSPS) is 20.3. The zero-order valence-corrected chi connectivity index (χ0v) is 18.6. The summed E-state index contributed by atoms with van der Waals surface area (Å²) in [6.07, 6.45) is 4.56. The lowest BCUT2D eigenvalue weighted by Crippen LogP contribution is -2.48. The molecule has 0 saturated heterocycles. The average molecular weight is 475 g/mol. The smallest absolute Gasteiger partial charge is 0.268 e. The Morgan fingerprint density at radius 1 is 1.21 bits per heavy atom. The number of primary amides is 1. The fourth-order valence-corrected chi connectivity index (χ4v) is 5.32. The van der Waals surface area contributed by atoms with Gasteiger partial charge in [-0.15, -0.1) is 0 Å². The van der Waals surface area contributed by atoms with E-state index < -0.39 is 23.5 Å². The van der Waals surface area contributed by atoms with E-state index in [0.717, 1.165) is 31.0 Å². The second-order valence-corrected chi connectivity index (χ2v) is 9.41. The number of pyridine rings is 2. The predicted molar refractivity (Wildman–Crippen MR) is 120 cm³/mol. The average Bonchev–Trinajstić information content (AvgIpc) is 2.76. The quantitative estimate of drug-likeness (QED) is 0.489. The van der Waals surface area contributed by atoms with Crippen LogP contribution in [0.4, 0.5) is 17.6 Å². The van der Waals surface area contributed by atoms with Crippen LogP contribution in [0.3, 0.4) is 0 Å². The highest BCUT2D eigenvalue weighted by atomic mass is 19.3. The maximum atomic E-state index is 13.4. The van der Waals surface area contributed by atoms with E-state index in [1.807, 2.05) is 0 Å². The summed E-state index contributed by atoms with van der Waals surface area (Å²) in [6.45, 7) is 1.53. The third-order valence-corrected chi connectivity index (χ3v) is 6.79. The number of H-pyrrole nitrogens is 1. The number of fused-ring (bicyclic) bond motifs is 1. The molecule has 0 aliphatic heterocycles. The number of alkyl halides is 2. The van der Waals surface area contributed by atoms with Crippen LogP contribution in [0, 0.1) is 24.0 Å². The molecule has 2 aliphatic carbocycles. The number of nitrogens with two attached hydrogens (primary N) is 1. The Hall–Kier alpha value is -3.23. The molecule has 0 bridgehead atoms. The summed E-state index contributed by atoms with van der Waals surface area (Å²) in [6, 6.07) is 7.20. The van der Waals surface area contributed by atoms with Crippen molar-refractivity contribution in [2.45, 2.75) is 57.3 Å². The zero-order valence-electron chi connectivity index (χ0n) is 18.6. The number of aryl methyl sites for hydroxylation is 1. The number of hydrogen-bond acceptors (Lipinski definition) is 3. The van der Waals surface area contributed by atoms with Gasteiger partial charge in [0.05, 0.1) is 10.9 Å². The fourth-order valence-electron chi connectivity index (χ4n) is 5.32. The molecule has 3 aromatic rings. The third-order valence-electron chi connectivity index (χ3n) is 6.79. The zero-order chi connectivity index (χ0) is 24.7. The van der Waals surface area contributed by atoms with Crippen molar-refractivity contribution < 1.29 is 22.4 Å². The minimum Gasteiger partial charge on any atom is -0.364 e. The van der Waals surface area contributed by atoms with Crippen LogP contribution in [0.2, 0.25) is 0 Å². The highest BCUT2D eigenvalue weighted by molar-refractivity contribution is 6.03. The molecule has 34 heavy (non-hydrogen) atoms. The van der Waals surface area contributed by atoms with E-state index in [9.17, 15) is 27.2 Å². The second kappa shape index (κ2) is 8.85. The third kappa shape index (κ3) is 4.69. The molecule has 180 valence electrons.